The second-order valence-corrected chi connectivity index (χ2v) is 5.73. The Morgan fingerprint density at radius 2 is 1.81 bits per heavy atom. The van der Waals surface area contributed by atoms with Gasteiger partial charge in [0.15, 0.2) is 5.96 Å². The van der Waals surface area contributed by atoms with E-state index in [-0.39, 0.29) is 6.04 Å². The summed E-state index contributed by atoms with van der Waals surface area (Å²) in [7, 11) is 0. The minimum absolute atomic E-state index is 0.186. The molecule has 0 saturated heterocycles. The van der Waals surface area contributed by atoms with Gasteiger partial charge in [-0.15, -0.1) is 0 Å². The summed E-state index contributed by atoms with van der Waals surface area (Å²) >= 11 is 0. The molecule has 108 valence electrons. The van der Waals surface area contributed by atoms with Crippen LogP contribution in [-0.2, 0) is 0 Å². The van der Waals surface area contributed by atoms with Crippen LogP contribution in [0.5, 0.6) is 0 Å². The third-order valence-electron chi connectivity index (χ3n) is 4.15. The lowest BCUT2D eigenvalue weighted by atomic mass is 9.97. The Labute approximate surface area is 126 Å². The lowest BCUT2D eigenvalue weighted by Gasteiger charge is -2.29. The molecule has 1 heterocycles. The molecule has 0 spiro atoms. The Morgan fingerprint density at radius 1 is 1.05 bits per heavy atom. The van der Waals surface area contributed by atoms with Gasteiger partial charge < -0.3 is 10.6 Å². The molecule has 3 heteroatoms. The van der Waals surface area contributed by atoms with E-state index >= 15 is 0 Å². The number of anilines is 1. The van der Waals surface area contributed by atoms with Crippen molar-refractivity contribution in [1.82, 2.24) is 0 Å². The zero-order valence-electron chi connectivity index (χ0n) is 12.8. The van der Waals surface area contributed by atoms with Crippen LogP contribution < -0.4 is 10.6 Å². The van der Waals surface area contributed by atoms with E-state index in [9.17, 15) is 0 Å². The molecule has 1 aliphatic heterocycles. The summed E-state index contributed by atoms with van der Waals surface area (Å²) in [5.74, 6) is 0.607. The molecule has 2 aromatic rings. The second kappa shape index (κ2) is 5.24. The fourth-order valence-electron chi connectivity index (χ4n) is 2.98. The van der Waals surface area contributed by atoms with Crippen molar-refractivity contribution < 1.29 is 0 Å². The number of guanidine groups is 1. The zero-order valence-corrected chi connectivity index (χ0v) is 12.8. The number of rotatable bonds is 2. The van der Waals surface area contributed by atoms with Crippen LogP contribution >= 0.6 is 0 Å². The van der Waals surface area contributed by atoms with Crippen LogP contribution in [0.3, 0.4) is 0 Å². The highest BCUT2D eigenvalue weighted by atomic mass is 15.3. The largest absolute Gasteiger partial charge is 0.369 e. The van der Waals surface area contributed by atoms with Crippen molar-refractivity contribution >= 4 is 11.6 Å². The van der Waals surface area contributed by atoms with Crippen molar-refractivity contribution in [3.05, 3.63) is 64.7 Å². The van der Waals surface area contributed by atoms with Crippen molar-refractivity contribution in [2.24, 2.45) is 10.7 Å². The molecule has 0 bridgehead atoms. The van der Waals surface area contributed by atoms with Gasteiger partial charge in [0.25, 0.3) is 0 Å². The van der Waals surface area contributed by atoms with E-state index in [1.165, 1.54) is 22.3 Å². The van der Waals surface area contributed by atoms with Gasteiger partial charge in [0, 0.05) is 5.69 Å². The van der Waals surface area contributed by atoms with E-state index in [0.717, 1.165) is 5.69 Å². The molecule has 0 radical (unpaired) electrons. The van der Waals surface area contributed by atoms with Crippen LogP contribution in [-0.4, -0.2) is 12.5 Å². The maximum absolute atomic E-state index is 6.17. The molecular weight excluding hydrogens is 258 g/mol. The molecule has 21 heavy (non-hydrogen) atoms. The van der Waals surface area contributed by atoms with Crippen molar-refractivity contribution in [3.8, 4) is 0 Å². The van der Waals surface area contributed by atoms with Gasteiger partial charge in [-0.05, 0) is 43.5 Å². The SMILES string of the molecule is Cc1ccc(C)c(C2CN=C(N)N2c2ccccc2C)c1. The van der Waals surface area contributed by atoms with Gasteiger partial charge in [0.2, 0.25) is 0 Å². The van der Waals surface area contributed by atoms with Gasteiger partial charge in [0.05, 0.1) is 12.6 Å². The minimum Gasteiger partial charge on any atom is -0.369 e. The molecule has 3 rings (SSSR count). The average molecular weight is 279 g/mol. The van der Waals surface area contributed by atoms with Crippen molar-refractivity contribution in [3.63, 3.8) is 0 Å². The Balaban J connectivity index is 2.07. The van der Waals surface area contributed by atoms with Crippen LogP contribution in [0.1, 0.15) is 28.3 Å². The Hall–Kier alpha value is -2.29. The van der Waals surface area contributed by atoms with E-state index in [1.54, 1.807) is 0 Å². The Bertz CT molecular complexity index is 703. The van der Waals surface area contributed by atoms with Crippen LogP contribution in [0.4, 0.5) is 5.69 Å². The topological polar surface area (TPSA) is 41.6 Å². The number of nitrogens with zero attached hydrogens (tertiary/aromatic N) is 2. The maximum atomic E-state index is 6.17. The molecule has 1 atom stereocenters. The average Bonchev–Trinajstić information content (AvgIpc) is 2.84. The van der Waals surface area contributed by atoms with E-state index in [1.807, 2.05) is 6.07 Å². The third kappa shape index (κ3) is 2.40. The van der Waals surface area contributed by atoms with Crippen molar-refractivity contribution in [2.45, 2.75) is 26.8 Å². The molecule has 2 N–H and O–H groups in total. The molecule has 0 aliphatic carbocycles. The third-order valence-corrected chi connectivity index (χ3v) is 4.15. The first-order valence-electron chi connectivity index (χ1n) is 7.30. The Kier molecular flexibility index (Phi) is 3.42. The highest BCUT2D eigenvalue weighted by molar-refractivity contribution is 5.98. The fourth-order valence-corrected chi connectivity index (χ4v) is 2.98. The number of hydrogen-bond donors (Lipinski definition) is 1. The van der Waals surface area contributed by atoms with E-state index in [0.29, 0.717) is 12.5 Å². The smallest absolute Gasteiger partial charge is 0.196 e. The van der Waals surface area contributed by atoms with Crippen LogP contribution in [0.2, 0.25) is 0 Å². The normalized spacial score (nSPS) is 18.0. The maximum Gasteiger partial charge on any atom is 0.196 e. The molecule has 1 unspecified atom stereocenters. The Morgan fingerprint density at radius 3 is 2.57 bits per heavy atom. The van der Waals surface area contributed by atoms with E-state index < -0.39 is 0 Å². The fraction of sp³-hybridized carbons (Fsp3) is 0.278. The molecular formula is C18H21N3. The van der Waals surface area contributed by atoms with Crippen molar-refractivity contribution in [1.29, 1.82) is 0 Å². The monoisotopic (exact) mass is 279 g/mol. The second-order valence-electron chi connectivity index (χ2n) is 5.73. The number of benzene rings is 2. The zero-order chi connectivity index (χ0) is 15.0. The quantitative estimate of drug-likeness (QED) is 0.914. The summed E-state index contributed by atoms with van der Waals surface area (Å²) in [6.07, 6.45) is 0. The number of hydrogen-bond acceptors (Lipinski definition) is 3. The molecule has 0 amide bonds. The summed E-state index contributed by atoms with van der Waals surface area (Å²) in [5.41, 5.74) is 12.4. The van der Waals surface area contributed by atoms with Crippen LogP contribution in [0, 0.1) is 20.8 Å². The summed E-state index contributed by atoms with van der Waals surface area (Å²) < 4.78 is 0. The number of aryl methyl sites for hydroxylation is 3. The van der Waals surface area contributed by atoms with E-state index in [2.05, 4.69) is 67.1 Å². The van der Waals surface area contributed by atoms with Gasteiger partial charge in [0.1, 0.15) is 0 Å². The van der Waals surface area contributed by atoms with Crippen LogP contribution in [0.25, 0.3) is 0 Å². The first-order chi connectivity index (χ1) is 10.1. The molecule has 0 aromatic heterocycles. The highest BCUT2D eigenvalue weighted by Gasteiger charge is 2.30. The minimum atomic E-state index is 0.186. The van der Waals surface area contributed by atoms with Gasteiger partial charge in [-0.3, -0.25) is 4.99 Å². The molecule has 2 aromatic carbocycles. The molecule has 1 aliphatic rings. The number of nitrogens with two attached hydrogens (primary N) is 1. The lowest BCUT2D eigenvalue weighted by Crippen LogP contribution is -2.36. The van der Waals surface area contributed by atoms with Crippen LogP contribution in [0.15, 0.2) is 47.5 Å². The van der Waals surface area contributed by atoms with Gasteiger partial charge in [-0.2, -0.15) is 0 Å². The van der Waals surface area contributed by atoms with Gasteiger partial charge in [-0.1, -0.05) is 42.0 Å². The summed E-state index contributed by atoms with van der Waals surface area (Å²) in [6.45, 7) is 7.10. The predicted octanol–water partition coefficient (Wildman–Crippen LogP) is 3.49. The van der Waals surface area contributed by atoms with Crippen molar-refractivity contribution in [2.75, 3.05) is 11.4 Å². The predicted molar refractivity (Wildman–Crippen MR) is 88.8 cm³/mol. The highest BCUT2D eigenvalue weighted by Crippen LogP contribution is 2.34. The van der Waals surface area contributed by atoms with Gasteiger partial charge in [-0.25, -0.2) is 0 Å². The summed E-state index contributed by atoms with van der Waals surface area (Å²) in [5, 5.41) is 0. The summed E-state index contributed by atoms with van der Waals surface area (Å²) in [4.78, 5) is 6.65. The lowest BCUT2D eigenvalue weighted by molar-refractivity contribution is 0.760. The van der Waals surface area contributed by atoms with Gasteiger partial charge >= 0.3 is 0 Å². The number of para-hydroxylation sites is 1. The first-order valence-corrected chi connectivity index (χ1v) is 7.30. The summed E-state index contributed by atoms with van der Waals surface area (Å²) in [6, 6.07) is 15.1. The number of aliphatic imine (C=N–C) groups is 1. The molecule has 0 saturated carbocycles. The molecule has 0 fully saturated rings. The van der Waals surface area contributed by atoms with E-state index in [4.69, 9.17) is 5.73 Å². The first kappa shape index (κ1) is 13.7. The standard InChI is InChI=1S/C18H21N3/c1-12-8-9-13(2)15(10-12)17-11-20-18(19)21(17)16-7-5-4-6-14(16)3/h4-10,17H,11H2,1-3H3,(H2,19,20). The molecule has 3 nitrogen and oxygen atoms in total.